The molecule has 0 fully saturated rings. The Morgan fingerprint density at radius 1 is 1.47 bits per heavy atom. The van der Waals surface area contributed by atoms with Gasteiger partial charge in [-0.3, -0.25) is 4.68 Å². The molecular weight excluding hydrogens is 309 g/mol. The average Bonchev–Trinajstić information content (AvgIpc) is 2.77. The monoisotopic (exact) mass is 323 g/mol. The molecule has 1 atom stereocenters. The molecule has 100 valence electrons. The van der Waals surface area contributed by atoms with Crippen LogP contribution in [0.2, 0.25) is 0 Å². The molecule has 0 saturated carbocycles. The van der Waals surface area contributed by atoms with Crippen LogP contribution in [-0.4, -0.2) is 9.78 Å². The van der Waals surface area contributed by atoms with Gasteiger partial charge in [-0.1, -0.05) is 0 Å². The molecule has 0 radical (unpaired) electrons. The molecule has 1 heterocycles. The third-order valence-corrected chi connectivity index (χ3v) is 4.28. The Labute approximate surface area is 119 Å². The van der Waals surface area contributed by atoms with Gasteiger partial charge in [0.2, 0.25) is 0 Å². The van der Waals surface area contributed by atoms with Crippen LogP contribution in [0, 0.1) is 5.82 Å². The minimum absolute atomic E-state index is 0.220. The summed E-state index contributed by atoms with van der Waals surface area (Å²) in [6.45, 7) is 0. The van der Waals surface area contributed by atoms with Gasteiger partial charge in [-0.05, 0) is 53.4 Å². The molecular formula is C14H15BrFN3. The Hall–Kier alpha value is -1.36. The number of fused-ring (bicyclic) bond motifs is 1. The Balaban J connectivity index is 1.86. The summed E-state index contributed by atoms with van der Waals surface area (Å²) in [5.41, 5.74) is 3.32. The van der Waals surface area contributed by atoms with E-state index in [4.69, 9.17) is 0 Å². The maximum Gasteiger partial charge on any atom is 0.139 e. The van der Waals surface area contributed by atoms with Crippen LogP contribution in [0.1, 0.15) is 30.1 Å². The first-order chi connectivity index (χ1) is 9.15. The lowest BCUT2D eigenvalue weighted by molar-refractivity contribution is 0.570. The first-order valence-electron chi connectivity index (χ1n) is 6.37. The Bertz CT molecular complexity index is 609. The van der Waals surface area contributed by atoms with Crippen LogP contribution < -0.4 is 5.32 Å². The lowest BCUT2D eigenvalue weighted by Gasteiger charge is -2.24. The Morgan fingerprint density at radius 2 is 2.32 bits per heavy atom. The van der Waals surface area contributed by atoms with Gasteiger partial charge in [-0.15, -0.1) is 0 Å². The standard InChI is InChI=1S/C14H15BrFN3/c1-19-14-4-2-3-13(10(14)8-17-19)18-9-5-6-11(15)12(16)7-9/h5-8,13,18H,2-4H2,1H3. The molecule has 1 aromatic carbocycles. The molecule has 0 bridgehead atoms. The van der Waals surface area contributed by atoms with Crippen LogP contribution in [0.3, 0.4) is 0 Å². The summed E-state index contributed by atoms with van der Waals surface area (Å²) in [5.74, 6) is -0.243. The largest absolute Gasteiger partial charge is 0.378 e. The van der Waals surface area contributed by atoms with E-state index in [0.717, 1.165) is 24.9 Å². The number of hydrogen-bond donors (Lipinski definition) is 1. The average molecular weight is 324 g/mol. The number of halogens is 2. The van der Waals surface area contributed by atoms with Crippen LogP contribution in [0.25, 0.3) is 0 Å². The molecule has 1 aromatic heterocycles. The highest BCUT2D eigenvalue weighted by molar-refractivity contribution is 9.10. The van der Waals surface area contributed by atoms with Gasteiger partial charge in [0.25, 0.3) is 0 Å². The van der Waals surface area contributed by atoms with Gasteiger partial charge in [-0.2, -0.15) is 5.10 Å². The lowest BCUT2D eigenvalue weighted by atomic mass is 9.93. The second kappa shape index (κ2) is 4.96. The van der Waals surface area contributed by atoms with Crippen LogP contribution in [0.15, 0.2) is 28.9 Å². The molecule has 19 heavy (non-hydrogen) atoms. The number of nitrogens with zero attached hydrogens (tertiary/aromatic N) is 2. The van der Waals surface area contributed by atoms with Gasteiger partial charge in [0.05, 0.1) is 16.7 Å². The smallest absolute Gasteiger partial charge is 0.139 e. The SMILES string of the molecule is Cn1ncc2c1CCCC2Nc1ccc(Br)c(F)c1. The molecule has 1 N–H and O–H groups in total. The van der Waals surface area contributed by atoms with Crippen molar-refractivity contribution >= 4 is 21.6 Å². The number of aryl methyl sites for hydroxylation is 1. The number of hydrogen-bond acceptors (Lipinski definition) is 2. The van der Waals surface area contributed by atoms with Crippen molar-refractivity contribution in [3.8, 4) is 0 Å². The first-order valence-corrected chi connectivity index (χ1v) is 7.17. The second-order valence-electron chi connectivity index (χ2n) is 4.89. The molecule has 2 aromatic rings. The van der Waals surface area contributed by atoms with E-state index in [0.29, 0.717) is 4.47 Å². The summed E-state index contributed by atoms with van der Waals surface area (Å²) in [4.78, 5) is 0. The number of nitrogens with one attached hydrogen (secondary N) is 1. The minimum atomic E-state index is -0.243. The van der Waals surface area contributed by atoms with E-state index in [9.17, 15) is 4.39 Å². The van der Waals surface area contributed by atoms with E-state index in [1.165, 1.54) is 17.3 Å². The molecule has 3 nitrogen and oxygen atoms in total. The molecule has 1 unspecified atom stereocenters. The van der Waals surface area contributed by atoms with Crippen molar-refractivity contribution in [1.29, 1.82) is 0 Å². The van der Waals surface area contributed by atoms with E-state index in [2.05, 4.69) is 26.3 Å². The Morgan fingerprint density at radius 3 is 3.11 bits per heavy atom. The van der Waals surface area contributed by atoms with Crippen LogP contribution in [0.5, 0.6) is 0 Å². The van der Waals surface area contributed by atoms with Crippen molar-refractivity contribution in [1.82, 2.24) is 9.78 Å². The quantitative estimate of drug-likeness (QED) is 0.910. The van der Waals surface area contributed by atoms with Gasteiger partial charge < -0.3 is 5.32 Å². The number of anilines is 1. The van der Waals surface area contributed by atoms with Crippen molar-refractivity contribution in [3.63, 3.8) is 0 Å². The van der Waals surface area contributed by atoms with Crippen molar-refractivity contribution in [2.75, 3.05) is 5.32 Å². The summed E-state index contributed by atoms with van der Waals surface area (Å²) in [6.07, 6.45) is 5.17. The first kappa shape index (κ1) is 12.7. The summed E-state index contributed by atoms with van der Waals surface area (Å²) in [7, 11) is 1.97. The highest BCUT2D eigenvalue weighted by Gasteiger charge is 2.23. The highest BCUT2D eigenvalue weighted by Crippen LogP contribution is 2.32. The van der Waals surface area contributed by atoms with Gasteiger partial charge >= 0.3 is 0 Å². The zero-order valence-electron chi connectivity index (χ0n) is 10.7. The van der Waals surface area contributed by atoms with Crippen LogP contribution >= 0.6 is 15.9 Å². The van der Waals surface area contributed by atoms with E-state index < -0.39 is 0 Å². The molecule has 1 aliphatic carbocycles. The highest BCUT2D eigenvalue weighted by atomic mass is 79.9. The van der Waals surface area contributed by atoms with Crippen molar-refractivity contribution in [2.45, 2.75) is 25.3 Å². The predicted molar refractivity (Wildman–Crippen MR) is 76.6 cm³/mol. The normalized spacial score (nSPS) is 18.2. The second-order valence-corrected chi connectivity index (χ2v) is 5.74. The summed E-state index contributed by atoms with van der Waals surface area (Å²) >= 11 is 3.17. The zero-order chi connectivity index (χ0) is 13.4. The Kier molecular flexibility index (Phi) is 3.31. The molecule has 0 amide bonds. The number of benzene rings is 1. The predicted octanol–water partition coefficient (Wildman–Crippen LogP) is 3.81. The van der Waals surface area contributed by atoms with Gasteiger partial charge in [0, 0.05) is 24.0 Å². The molecule has 3 rings (SSSR count). The van der Waals surface area contributed by atoms with E-state index in [1.807, 2.05) is 24.0 Å². The van der Waals surface area contributed by atoms with Crippen molar-refractivity contribution in [2.24, 2.45) is 7.05 Å². The number of aromatic nitrogens is 2. The maximum absolute atomic E-state index is 13.5. The third-order valence-electron chi connectivity index (χ3n) is 3.64. The fraction of sp³-hybridized carbons (Fsp3) is 0.357. The molecule has 0 saturated heterocycles. The van der Waals surface area contributed by atoms with Gasteiger partial charge in [-0.25, -0.2) is 4.39 Å². The number of rotatable bonds is 2. The van der Waals surface area contributed by atoms with Crippen LogP contribution in [-0.2, 0) is 13.5 Å². The molecule has 5 heteroatoms. The third kappa shape index (κ3) is 2.39. The summed E-state index contributed by atoms with van der Waals surface area (Å²) < 4.78 is 16.0. The topological polar surface area (TPSA) is 29.9 Å². The van der Waals surface area contributed by atoms with E-state index >= 15 is 0 Å². The van der Waals surface area contributed by atoms with Crippen molar-refractivity contribution in [3.05, 3.63) is 45.9 Å². The fourth-order valence-electron chi connectivity index (χ4n) is 2.64. The lowest BCUT2D eigenvalue weighted by Crippen LogP contribution is -2.17. The maximum atomic E-state index is 13.5. The van der Waals surface area contributed by atoms with Crippen molar-refractivity contribution < 1.29 is 4.39 Å². The zero-order valence-corrected chi connectivity index (χ0v) is 12.2. The molecule has 0 spiro atoms. The van der Waals surface area contributed by atoms with E-state index in [1.54, 1.807) is 6.07 Å². The van der Waals surface area contributed by atoms with Crippen LogP contribution in [0.4, 0.5) is 10.1 Å². The summed E-state index contributed by atoms with van der Waals surface area (Å²) in [5, 5.41) is 7.72. The summed E-state index contributed by atoms with van der Waals surface area (Å²) in [6, 6.07) is 5.36. The minimum Gasteiger partial charge on any atom is -0.378 e. The molecule has 1 aliphatic rings. The molecule has 0 aliphatic heterocycles. The fourth-order valence-corrected chi connectivity index (χ4v) is 2.89. The van der Waals surface area contributed by atoms with Gasteiger partial charge in [0.15, 0.2) is 0 Å². The van der Waals surface area contributed by atoms with E-state index in [-0.39, 0.29) is 11.9 Å². The van der Waals surface area contributed by atoms with Gasteiger partial charge in [0.1, 0.15) is 5.82 Å².